The summed E-state index contributed by atoms with van der Waals surface area (Å²) in [6, 6.07) is 0. The van der Waals surface area contributed by atoms with Gasteiger partial charge in [0.1, 0.15) is 0 Å². The highest BCUT2D eigenvalue weighted by atomic mass is 32.2. The molecule has 2 aromatic heterocycles. The summed E-state index contributed by atoms with van der Waals surface area (Å²) >= 11 is 4.80. The van der Waals surface area contributed by atoms with E-state index in [9.17, 15) is 8.78 Å². The molecule has 12 heteroatoms. The van der Waals surface area contributed by atoms with Crippen molar-refractivity contribution in [2.75, 3.05) is 37.9 Å². The lowest BCUT2D eigenvalue weighted by Crippen LogP contribution is -2.48. The van der Waals surface area contributed by atoms with Crippen LogP contribution in [0.5, 0.6) is 0 Å². The molecule has 4 bridgehead atoms. The fourth-order valence-corrected chi connectivity index (χ4v) is 9.27. The van der Waals surface area contributed by atoms with Crippen LogP contribution < -0.4 is 0 Å². The fraction of sp³-hybridized carbons (Fsp3) is 0.600. The quantitative estimate of drug-likeness (QED) is 0.282. The summed E-state index contributed by atoms with van der Waals surface area (Å²) in [6.07, 6.45) is 0. The van der Waals surface area contributed by atoms with Crippen LogP contribution in [0.3, 0.4) is 0 Å². The number of ether oxygens (including phenoxy) is 2. The minimum atomic E-state index is -5.55. The third-order valence-corrected chi connectivity index (χ3v) is 11.1. The number of allylic oxidation sites excluding steroid dienone is 2. The number of fused-ring (bicyclic) bond motifs is 6. The molecule has 0 saturated heterocycles. The Hall–Kier alpha value is -0.660. The molecule has 2 aliphatic rings. The second-order valence-corrected chi connectivity index (χ2v) is 13.6. The first-order valence-electron chi connectivity index (χ1n) is 11.7. The molecular formula is C25H28F6O2S4. The number of halogens is 6. The summed E-state index contributed by atoms with van der Waals surface area (Å²) in [6.45, 7) is 8.40. The number of thioether (sulfide) groups is 2. The van der Waals surface area contributed by atoms with Crippen molar-refractivity contribution in [3.63, 3.8) is 0 Å². The molecule has 0 N–H and O–H groups in total. The molecular weight excluding hydrogens is 575 g/mol. The summed E-state index contributed by atoms with van der Waals surface area (Å²) in [4.78, 5) is 0.929. The topological polar surface area (TPSA) is 18.5 Å². The number of aryl methyl sites for hydroxylation is 2. The van der Waals surface area contributed by atoms with Crippen LogP contribution in [-0.4, -0.2) is 55.7 Å². The summed E-state index contributed by atoms with van der Waals surface area (Å²) in [5.74, 6) is -13.5. The van der Waals surface area contributed by atoms with E-state index < -0.39 is 28.9 Å². The van der Waals surface area contributed by atoms with Gasteiger partial charge >= 0.3 is 17.8 Å². The highest BCUT2D eigenvalue weighted by Gasteiger charge is 2.80. The molecule has 0 saturated carbocycles. The maximum Gasteiger partial charge on any atom is 0.380 e. The lowest BCUT2D eigenvalue weighted by molar-refractivity contribution is -0.254. The first-order valence-corrected chi connectivity index (χ1v) is 15.7. The predicted molar refractivity (Wildman–Crippen MR) is 143 cm³/mol. The van der Waals surface area contributed by atoms with E-state index in [2.05, 4.69) is 0 Å². The van der Waals surface area contributed by atoms with Gasteiger partial charge in [-0.05, 0) is 49.9 Å². The van der Waals surface area contributed by atoms with Crippen LogP contribution in [-0.2, 0) is 21.0 Å². The van der Waals surface area contributed by atoms with Crippen LogP contribution >= 0.6 is 46.2 Å². The van der Waals surface area contributed by atoms with Gasteiger partial charge in [-0.15, -0.1) is 22.7 Å². The van der Waals surface area contributed by atoms with Crippen molar-refractivity contribution in [1.29, 1.82) is 0 Å². The van der Waals surface area contributed by atoms with Gasteiger partial charge in [-0.1, -0.05) is 0 Å². The van der Waals surface area contributed by atoms with Crippen molar-refractivity contribution < 1.29 is 35.8 Å². The molecule has 0 atom stereocenters. The average Bonchev–Trinajstić information content (AvgIpc) is 3.29. The third-order valence-electron chi connectivity index (χ3n) is 6.68. The smallest absolute Gasteiger partial charge is 0.378 e. The second-order valence-electron chi connectivity index (χ2n) is 8.98. The summed E-state index contributed by atoms with van der Waals surface area (Å²) in [5.41, 5.74) is -0.361. The standard InChI is InChI=1S/C25H28F6O2S4/c1-13-17-11-34-9-7-32-5-6-33-8-10-35-12-18-14(2)22(37-16(18)4)20-19(21(13)36-15(17)3)23(26,27)25(30,31)24(20,28)29/h5-12H2,1-4H3. The van der Waals surface area contributed by atoms with Gasteiger partial charge in [-0.3, -0.25) is 0 Å². The molecule has 2 aromatic rings. The largest absolute Gasteiger partial charge is 0.380 e. The number of hydrogen-bond donors (Lipinski definition) is 0. The number of alkyl halides is 6. The predicted octanol–water partition coefficient (Wildman–Crippen LogP) is 8.39. The zero-order valence-electron chi connectivity index (χ0n) is 20.9. The lowest BCUT2D eigenvalue weighted by Gasteiger charge is -2.25. The van der Waals surface area contributed by atoms with E-state index >= 15 is 17.6 Å². The zero-order chi connectivity index (χ0) is 27.2. The molecule has 1 aliphatic carbocycles. The molecule has 0 fully saturated rings. The van der Waals surface area contributed by atoms with E-state index in [1.54, 1.807) is 27.7 Å². The molecule has 37 heavy (non-hydrogen) atoms. The maximum atomic E-state index is 15.4. The maximum absolute atomic E-state index is 15.4. The van der Waals surface area contributed by atoms with Crippen LogP contribution in [0.25, 0.3) is 11.1 Å². The highest BCUT2D eigenvalue weighted by Crippen LogP contribution is 2.66. The van der Waals surface area contributed by atoms with Gasteiger partial charge in [0.2, 0.25) is 0 Å². The van der Waals surface area contributed by atoms with E-state index in [0.29, 0.717) is 81.4 Å². The normalized spacial score (nSPS) is 22.6. The average molecular weight is 603 g/mol. The zero-order valence-corrected chi connectivity index (χ0v) is 24.1. The van der Waals surface area contributed by atoms with Crippen LogP contribution in [0.1, 0.15) is 41.8 Å². The molecule has 0 unspecified atom stereocenters. The van der Waals surface area contributed by atoms with Crippen LogP contribution in [0.15, 0.2) is 0 Å². The lowest BCUT2D eigenvalue weighted by atomic mass is 9.98. The Morgan fingerprint density at radius 1 is 0.595 bits per heavy atom. The van der Waals surface area contributed by atoms with E-state index in [4.69, 9.17) is 9.47 Å². The van der Waals surface area contributed by atoms with Crippen LogP contribution in [0.4, 0.5) is 26.3 Å². The van der Waals surface area contributed by atoms with Crippen molar-refractivity contribution in [2.45, 2.75) is 57.0 Å². The molecule has 0 spiro atoms. The molecule has 3 heterocycles. The Balaban J connectivity index is 1.91. The van der Waals surface area contributed by atoms with E-state index in [0.717, 1.165) is 22.7 Å². The molecule has 0 radical (unpaired) electrons. The Morgan fingerprint density at radius 2 is 0.973 bits per heavy atom. The minimum Gasteiger partial charge on any atom is -0.378 e. The van der Waals surface area contributed by atoms with Gasteiger partial charge < -0.3 is 9.47 Å². The van der Waals surface area contributed by atoms with Crippen molar-refractivity contribution >= 4 is 57.3 Å². The molecule has 0 aromatic carbocycles. The molecule has 206 valence electrons. The monoisotopic (exact) mass is 602 g/mol. The number of hydrogen-bond acceptors (Lipinski definition) is 6. The highest BCUT2D eigenvalue weighted by molar-refractivity contribution is 7.98. The van der Waals surface area contributed by atoms with Crippen LogP contribution in [0.2, 0.25) is 0 Å². The van der Waals surface area contributed by atoms with Crippen molar-refractivity contribution in [2.24, 2.45) is 0 Å². The van der Waals surface area contributed by atoms with E-state index in [1.165, 1.54) is 23.5 Å². The summed E-state index contributed by atoms with van der Waals surface area (Å²) < 4.78 is 102. The Bertz CT molecular complexity index is 1100. The molecule has 2 nitrogen and oxygen atoms in total. The first-order chi connectivity index (χ1) is 17.3. The molecule has 0 amide bonds. The Labute approximate surface area is 229 Å². The van der Waals surface area contributed by atoms with Crippen molar-refractivity contribution in [3.05, 3.63) is 41.8 Å². The third kappa shape index (κ3) is 5.03. The SMILES string of the molecule is Cc1sc2c(C)c1CSCCOCCOCCSCc1c(C)sc(c1C)C1=C2C(F)(F)C(F)(F)C1(F)F. The number of rotatable bonds is 0. The van der Waals surface area contributed by atoms with Crippen LogP contribution in [0, 0.1) is 27.7 Å². The van der Waals surface area contributed by atoms with Gasteiger partial charge in [0.15, 0.2) is 0 Å². The summed E-state index contributed by atoms with van der Waals surface area (Å²) in [5, 5.41) is 0. The van der Waals surface area contributed by atoms with Gasteiger partial charge in [-0.2, -0.15) is 49.9 Å². The van der Waals surface area contributed by atoms with E-state index in [-0.39, 0.29) is 9.75 Å². The van der Waals surface area contributed by atoms with Gasteiger partial charge in [0, 0.05) is 42.5 Å². The van der Waals surface area contributed by atoms with Gasteiger partial charge in [-0.25, -0.2) is 0 Å². The summed E-state index contributed by atoms with van der Waals surface area (Å²) in [7, 11) is 0. The minimum absolute atomic E-state index is 0.186. The molecule has 4 rings (SSSR count). The van der Waals surface area contributed by atoms with E-state index in [1.807, 2.05) is 0 Å². The number of thiophene rings is 2. The first kappa shape index (κ1) is 29.3. The Kier molecular flexibility index (Phi) is 8.78. The molecule has 1 aliphatic heterocycles. The fourth-order valence-electron chi connectivity index (χ4n) is 4.53. The van der Waals surface area contributed by atoms with Gasteiger partial charge in [0.25, 0.3) is 0 Å². The van der Waals surface area contributed by atoms with Crippen molar-refractivity contribution in [1.82, 2.24) is 0 Å². The van der Waals surface area contributed by atoms with Crippen molar-refractivity contribution in [3.8, 4) is 0 Å². The Morgan fingerprint density at radius 3 is 1.35 bits per heavy atom. The van der Waals surface area contributed by atoms with Gasteiger partial charge in [0.05, 0.1) is 37.6 Å². The second kappa shape index (κ2) is 11.1.